The number of amides is 1. The van der Waals surface area contributed by atoms with Gasteiger partial charge in [0.05, 0.1) is 12.7 Å². The van der Waals surface area contributed by atoms with Crippen molar-refractivity contribution in [3.8, 4) is 0 Å². The van der Waals surface area contributed by atoms with Crippen LogP contribution in [0.1, 0.15) is 26.6 Å². The molecule has 1 aromatic heterocycles. The molecule has 0 unspecified atom stereocenters. The molecule has 102 valence electrons. The minimum Gasteiger partial charge on any atom is -0.444 e. The molecule has 0 aromatic carbocycles. The number of nitrogen functional groups attached to an aromatic ring is 1. The predicted molar refractivity (Wildman–Crippen MR) is 70.5 cm³/mol. The highest BCUT2D eigenvalue weighted by Crippen LogP contribution is 2.18. The van der Waals surface area contributed by atoms with Crippen LogP contribution in [0.3, 0.4) is 0 Å². The van der Waals surface area contributed by atoms with Gasteiger partial charge in [0.25, 0.3) is 0 Å². The predicted octanol–water partition coefficient (Wildman–Crippen LogP) is 1.64. The molecule has 2 heterocycles. The van der Waals surface area contributed by atoms with Crippen LogP contribution < -0.4 is 5.73 Å². The third kappa shape index (κ3) is 3.07. The fourth-order valence-electron chi connectivity index (χ4n) is 1.77. The number of nitrogens with zero attached hydrogens (tertiary/aromatic N) is 3. The lowest BCUT2D eigenvalue weighted by molar-refractivity contribution is 0.0196. The van der Waals surface area contributed by atoms with Crippen molar-refractivity contribution in [3.05, 3.63) is 12.0 Å². The summed E-state index contributed by atoms with van der Waals surface area (Å²) in [6, 6.07) is 0. The molecule has 1 aliphatic rings. The van der Waals surface area contributed by atoms with E-state index < -0.39 is 5.60 Å². The van der Waals surface area contributed by atoms with Crippen LogP contribution in [0.5, 0.6) is 0 Å². The van der Waals surface area contributed by atoms with Gasteiger partial charge in [0.1, 0.15) is 17.2 Å². The summed E-state index contributed by atoms with van der Waals surface area (Å²) in [4.78, 5) is 17.7. The van der Waals surface area contributed by atoms with Gasteiger partial charge in [0.2, 0.25) is 0 Å². The van der Waals surface area contributed by atoms with Gasteiger partial charge >= 0.3 is 6.09 Å². The summed E-state index contributed by atoms with van der Waals surface area (Å²) in [5.74, 6) is 1.45. The molecule has 0 atom stereocenters. The Balaban J connectivity index is 0.00000162. The molecule has 0 bridgehead atoms. The summed E-state index contributed by atoms with van der Waals surface area (Å²) in [6.07, 6.45) is 1.32. The topological polar surface area (TPSA) is 73.4 Å². The normalized spacial score (nSPS) is 14.7. The largest absolute Gasteiger partial charge is 0.444 e. The quantitative estimate of drug-likeness (QED) is 0.780. The molecular weight excluding hydrogens is 256 g/mol. The average Bonchev–Trinajstić information content (AvgIpc) is 2.57. The lowest BCUT2D eigenvalue weighted by Crippen LogP contribution is -2.41. The van der Waals surface area contributed by atoms with E-state index in [9.17, 15) is 4.79 Å². The molecule has 1 amide bonds. The second-order valence-electron chi connectivity index (χ2n) is 5.15. The molecule has 0 aliphatic carbocycles. The van der Waals surface area contributed by atoms with Crippen LogP contribution in [-0.2, 0) is 17.8 Å². The van der Waals surface area contributed by atoms with Gasteiger partial charge < -0.3 is 15.0 Å². The van der Waals surface area contributed by atoms with E-state index >= 15 is 0 Å². The van der Waals surface area contributed by atoms with Gasteiger partial charge in [-0.2, -0.15) is 0 Å². The molecule has 1 aliphatic heterocycles. The number of fused-ring (bicyclic) bond motifs is 1. The first-order chi connectivity index (χ1) is 7.87. The van der Waals surface area contributed by atoms with Gasteiger partial charge in [-0.25, -0.2) is 9.78 Å². The molecular formula is C11H19ClN4O2. The molecule has 1 aromatic rings. The fourth-order valence-corrected chi connectivity index (χ4v) is 1.77. The zero-order valence-corrected chi connectivity index (χ0v) is 11.7. The highest BCUT2D eigenvalue weighted by Gasteiger charge is 2.26. The third-order valence-electron chi connectivity index (χ3n) is 2.55. The Labute approximate surface area is 113 Å². The molecule has 0 saturated heterocycles. The lowest BCUT2D eigenvalue weighted by Gasteiger charge is -2.30. The number of carbonyl (C=O) groups is 1. The zero-order chi connectivity index (χ0) is 12.6. The molecule has 0 fully saturated rings. The Bertz CT molecular complexity index is 439. The Morgan fingerprint density at radius 3 is 2.72 bits per heavy atom. The summed E-state index contributed by atoms with van der Waals surface area (Å²) in [5.41, 5.74) is 5.28. The van der Waals surface area contributed by atoms with Crippen LogP contribution in [0.2, 0.25) is 0 Å². The monoisotopic (exact) mass is 274 g/mol. The first-order valence-electron chi connectivity index (χ1n) is 5.64. The Morgan fingerprint density at radius 2 is 2.11 bits per heavy atom. The average molecular weight is 275 g/mol. The van der Waals surface area contributed by atoms with Crippen molar-refractivity contribution >= 4 is 24.3 Å². The summed E-state index contributed by atoms with van der Waals surface area (Å²) < 4.78 is 7.24. The number of anilines is 1. The van der Waals surface area contributed by atoms with Crippen molar-refractivity contribution in [1.82, 2.24) is 14.5 Å². The molecule has 2 rings (SSSR count). The van der Waals surface area contributed by atoms with Gasteiger partial charge in [-0.05, 0) is 20.8 Å². The number of hydrogen-bond acceptors (Lipinski definition) is 4. The van der Waals surface area contributed by atoms with E-state index in [0.29, 0.717) is 25.5 Å². The Hall–Kier alpha value is -1.43. The van der Waals surface area contributed by atoms with Crippen molar-refractivity contribution in [1.29, 1.82) is 0 Å². The van der Waals surface area contributed by atoms with E-state index in [-0.39, 0.29) is 18.5 Å². The van der Waals surface area contributed by atoms with Gasteiger partial charge in [-0.15, -0.1) is 12.4 Å². The highest BCUT2D eigenvalue weighted by atomic mass is 35.5. The number of halogens is 1. The van der Waals surface area contributed by atoms with Crippen molar-refractivity contribution in [2.24, 2.45) is 0 Å². The number of ether oxygens (including phenoxy) is 1. The van der Waals surface area contributed by atoms with Crippen LogP contribution in [-0.4, -0.2) is 32.7 Å². The second kappa shape index (κ2) is 5.06. The second-order valence-corrected chi connectivity index (χ2v) is 5.15. The number of nitrogens with two attached hydrogens (primary N) is 1. The molecule has 2 N–H and O–H groups in total. The van der Waals surface area contributed by atoms with E-state index in [4.69, 9.17) is 10.5 Å². The smallest absolute Gasteiger partial charge is 0.410 e. The van der Waals surface area contributed by atoms with Crippen LogP contribution in [0.15, 0.2) is 6.20 Å². The van der Waals surface area contributed by atoms with Gasteiger partial charge in [-0.3, -0.25) is 4.90 Å². The number of carbonyl (C=O) groups excluding carboxylic acids is 1. The summed E-state index contributed by atoms with van der Waals surface area (Å²) in [5, 5.41) is 0. The summed E-state index contributed by atoms with van der Waals surface area (Å²) >= 11 is 0. The van der Waals surface area contributed by atoms with Crippen molar-refractivity contribution in [3.63, 3.8) is 0 Å². The van der Waals surface area contributed by atoms with E-state index in [1.165, 1.54) is 0 Å². The first-order valence-corrected chi connectivity index (χ1v) is 5.64. The fraction of sp³-hybridized carbons (Fsp3) is 0.636. The minimum absolute atomic E-state index is 0. The third-order valence-corrected chi connectivity index (χ3v) is 2.55. The maximum absolute atomic E-state index is 11.9. The highest BCUT2D eigenvalue weighted by molar-refractivity contribution is 5.85. The Morgan fingerprint density at radius 1 is 1.44 bits per heavy atom. The first kappa shape index (κ1) is 14.6. The van der Waals surface area contributed by atoms with E-state index in [2.05, 4.69) is 4.98 Å². The van der Waals surface area contributed by atoms with Crippen molar-refractivity contribution < 1.29 is 9.53 Å². The molecule has 7 heteroatoms. The van der Waals surface area contributed by atoms with Crippen LogP contribution in [0.4, 0.5) is 10.6 Å². The summed E-state index contributed by atoms with van der Waals surface area (Å²) in [6.45, 7) is 7.28. The minimum atomic E-state index is -0.469. The van der Waals surface area contributed by atoms with Crippen LogP contribution >= 0.6 is 12.4 Å². The number of aromatic nitrogens is 2. The van der Waals surface area contributed by atoms with Gasteiger partial charge in [0, 0.05) is 13.1 Å². The Kier molecular flexibility index (Phi) is 4.11. The van der Waals surface area contributed by atoms with Crippen molar-refractivity contribution in [2.75, 3.05) is 12.3 Å². The van der Waals surface area contributed by atoms with Crippen LogP contribution in [0, 0.1) is 0 Å². The standard InChI is InChI=1S/C11H18N4O2.ClH/c1-11(2,3)17-10(16)14-4-5-15-8(12)6-13-9(15)7-14;/h6H,4-5,7,12H2,1-3H3;1H. The molecule has 6 nitrogen and oxygen atoms in total. The van der Waals surface area contributed by atoms with Gasteiger partial charge in [0.15, 0.2) is 0 Å². The van der Waals surface area contributed by atoms with Crippen LogP contribution in [0.25, 0.3) is 0 Å². The number of imidazole rings is 1. The maximum Gasteiger partial charge on any atom is 0.410 e. The van der Waals surface area contributed by atoms with Gasteiger partial charge in [-0.1, -0.05) is 0 Å². The number of hydrogen-bond donors (Lipinski definition) is 1. The zero-order valence-electron chi connectivity index (χ0n) is 10.8. The molecule has 0 radical (unpaired) electrons. The maximum atomic E-state index is 11.9. The molecule has 18 heavy (non-hydrogen) atoms. The molecule has 0 spiro atoms. The van der Waals surface area contributed by atoms with E-state index in [1.807, 2.05) is 25.3 Å². The lowest BCUT2D eigenvalue weighted by atomic mass is 10.2. The van der Waals surface area contributed by atoms with E-state index in [1.54, 1.807) is 11.1 Å². The van der Waals surface area contributed by atoms with Crippen molar-refractivity contribution in [2.45, 2.75) is 39.5 Å². The van der Waals surface area contributed by atoms with E-state index in [0.717, 1.165) is 5.82 Å². The number of rotatable bonds is 0. The summed E-state index contributed by atoms with van der Waals surface area (Å²) in [7, 11) is 0. The SMILES string of the molecule is CC(C)(C)OC(=O)N1CCn2c(N)cnc2C1.Cl. The molecule has 0 saturated carbocycles.